The normalized spacial score (nSPS) is 11.0. The third kappa shape index (κ3) is 4.85. The topological polar surface area (TPSA) is 27.7 Å². The molecule has 0 N–H and O–H groups in total. The average Bonchev–Trinajstić information content (AvgIpc) is 2.29. The minimum Gasteiger partial charge on any atom is -0.375 e. The number of halogens is 1. The smallest absolute Gasteiger partial charge is 0.375 e. The molecule has 1 aromatic carbocycles. The summed E-state index contributed by atoms with van der Waals surface area (Å²) in [7, 11) is 1.56. The van der Waals surface area contributed by atoms with Crippen molar-refractivity contribution in [1.82, 2.24) is 0 Å². The van der Waals surface area contributed by atoms with E-state index in [1.165, 1.54) is 6.07 Å². The maximum Gasteiger partial charge on any atom is 0.577 e. The molecule has 0 spiro atoms. The van der Waals surface area contributed by atoms with E-state index in [1.807, 2.05) is 6.07 Å². The van der Waals surface area contributed by atoms with Gasteiger partial charge in [0.25, 0.3) is 0 Å². The fourth-order valence-electron chi connectivity index (χ4n) is 1.33. The molecule has 1 rings (SSSR count). The molecule has 0 aromatic heterocycles. The molecule has 3 nitrogen and oxygen atoms in total. The molecule has 0 fully saturated rings. The predicted octanol–water partition coefficient (Wildman–Crippen LogP) is 2.05. The Balaban J connectivity index is 2.20. The lowest BCUT2D eigenvalue weighted by Gasteiger charge is -2.09. The van der Waals surface area contributed by atoms with Crippen LogP contribution in [0.5, 0.6) is 0 Å². The van der Waals surface area contributed by atoms with E-state index in [9.17, 15) is 4.39 Å². The summed E-state index contributed by atoms with van der Waals surface area (Å²) < 4.78 is 28.1. The maximum absolute atomic E-state index is 12.8. The van der Waals surface area contributed by atoms with Crippen molar-refractivity contribution in [2.24, 2.45) is 0 Å². The molecule has 0 unspecified atom stereocenters. The van der Waals surface area contributed by atoms with Crippen molar-refractivity contribution in [3.63, 3.8) is 0 Å². The number of aryl methyl sites for hydroxylation is 1. The Bertz CT molecular complexity index is 305. The molecule has 0 heterocycles. The first-order chi connectivity index (χ1) is 7.76. The van der Waals surface area contributed by atoms with Crippen molar-refractivity contribution in [1.29, 1.82) is 0 Å². The Morgan fingerprint density at radius 3 is 2.62 bits per heavy atom. The van der Waals surface area contributed by atoms with Gasteiger partial charge in [-0.1, -0.05) is 12.1 Å². The quantitative estimate of drug-likeness (QED) is 0.542. The summed E-state index contributed by atoms with van der Waals surface area (Å²) in [4.78, 5) is 0. The van der Waals surface area contributed by atoms with Gasteiger partial charge >= 0.3 is 9.53 Å². The summed E-state index contributed by atoms with van der Waals surface area (Å²) in [5, 5.41) is 0. The summed E-state index contributed by atoms with van der Waals surface area (Å²) in [6.45, 7) is 0.562. The summed E-state index contributed by atoms with van der Waals surface area (Å²) in [6, 6.07) is 6.60. The molecule has 0 bridgehead atoms. The zero-order valence-corrected chi connectivity index (χ0v) is 10.5. The fraction of sp³-hybridized carbons (Fsp3) is 0.455. The average molecular weight is 243 g/mol. The molecule has 0 saturated heterocycles. The van der Waals surface area contributed by atoms with Crippen LogP contribution in [-0.4, -0.2) is 30.4 Å². The van der Waals surface area contributed by atoms with Gasteiger partial charge in [0.15, 0.2) is 0 Å². The van der Waals surface area contributed by atoms with E-state index in [2.05, 4.69) is 0 Å². The minimum absolute atomic E-state index is 0.197. The van der Waals surface area contributed by atoms with Crippen LogP contribution >= 0.6 is 0 Å². The van der Waals surface area contributed by atoms with Gasteiger partial charge in [0.05, 0.1) is 0 Å². The van der Waals surface area contributed by atoms with Crippen LogP contribution in [0.1, 0.15) is 12.0 Å². The first-order valence-electron chi connectivity index (χ1n) is 5.08. The van der Waals surface area contributed by atoms with E-state index in [0.717, 1.165) is 18.4 Å². The van der Waals surface area contributed by atoms with E-state index in [-0.39, 0.29) is 5.82 Å². The van der Waals surface area contributed by atoms with Gasteiger partial charge in [-0.15, -0.1) is 0 Å². The second-order valence-electron chi connectivity index (χ2n) is 3.24. The van der Waals surface area contributed by atoms with Crippen molar-refractivity contribution < 1.29 is 17.7 Å². The summed E-state index contributed by atoms with van der Waals surface area (Å²) in [6.07, 6.45) is 1.62. The molecule has 16 heavy (non-hydrogen) atoms. The highest BCUT2D eigenvalue weighted by Crippen LogP contribution is 2.06. The number of hydrogen-bond acceptors (Lipinski definition) is 3. The Morgan fingerprint density at radius 2 is 2.00 bits per heavy atom. The second-order valence-corrected chi connectivity index (χ2v) is 4.85. The molecular formula is C11H16FO3Si. The van der Waals surface area contributed by atoms with Crippen LogP contribution in [-0.2, 0) is 19.7 Å². The molecule has 0 aliphatic rings. The van der Waals surface area contributed by atoms with Gasteiger partial charge in [0.2, 0.25) is 0 Å². The summed E-state index contributed by atoms with van der Waals surface area (Å²) in [5.41, 5.74) is 0.979. The second kappa shape index (κ2) is 7.51. The van der Waals surface area contributed by atoms with Crippen molar-refractivity contribution >= 4 is 9.53 Å². The SMILES string of the molecule is CO[Si](OC)OCCCc1cccc(F)c1. The fourth-order valence-corrected chi connectivity index (χ4v) is 2.04. The predicted molar refractivity (Wildman–Crippen MR) is 60.4 cm³/mol. The molecule has 0 saturated carbocycles. The van der Waals surface area contributed by atoms with Gasteiger partial charge in [-0.3, -0.25) is 0 Å². The molecule has 5 heteroatoms. The van der Waals surface area contributed by atoms with Crippen molar-refractivity contribution in [2.75, 3.05) is 20.8 Å². The summed E-state index contributed by atoms with van der Waals surface area (Å²) >= 11 is 0. The number of hydrogen-bond donors (Lipinski definition) is 0. The molecule has 0 amide bonds. The first-order valence-corrected chi connectivity index (χ1v) is 6.31. The largest absolute Gasteiger partial charge is 0.577 e. The van der Waals surface area contributed by atoms with Gasteiger partial charge in [-0.25, -0.2) is 4.39 Å². The Hall–Kier alpha value is -0.753. The van der Waals surface area contributed by atoms with E-state index < -0.39 is 9.53 Å². The van der Waals surface area contributed by atoms with Crippen LogP contribution in [0.3, 0.4) is 0 Å². The Labute approximate surface area is 97.1 Å². The van der Waals surface area contributed by atoms with Gasteiger partial charge < -0.3 is 13.3 Å². The van der Waals surface area contributed by atoms with Crippen LogP contribution in [0.4, 0.5) is 4.39 Å². The molecule has 0 aliphatic carbocycles. The molecule has 0 aliphatic heterocycles. The van der Waals surface area contributed by atoms with Gasteiger partial charge in [-0.2, -0.15) is 0 Å². The molecule has 1 aromatic rings. The number of benzene rings is 1. The van der Waals surface area contributed by atoms with Crippen molar-refractivity contribution in [3.8, 4) is 0 Å². The van der Waals surface area contributed by atoms with E-state index in [0.29, 0.717) is 6.61 Å². The maximum atomic E-state index is 12.8. The third-order valence-electron chi connectivity index (χ3n) is 2.05. The van der Waals surface area contributed by atoms with Crippen molar-refractivity contribution in [2.45, 2.75) is 12.8 Å². The van der Waals surface area contributed by atoms with Gasteiger partial charge in [0.1, 0.15) is 5.82 Å². The van der Waals surface area contributed by atoms with Gasteiger partial charge in [-0.05, 0) is 30.5 Å². The molecule has 0 atom stereocenters. The highest BCUT2D eigenvalue weighted by Gasteiger charge is 2.13. The van der Waals surface area contributed by atoms with Crippen molar-refractivity contribution in [3.05, 3.63) is 35.6 Å². The van der Waals surface area contributed by atoms with Crippen LogP contribution in [0, 0.1) is 5.82 Å². The zero-order valence-electron chi connectivity index (χ0n) is 9.53. The molecular weight excluding hydrogens is 227 g/mol. The monoisotopic (exact) mass is 243 g/mol. The zero-order chi connectivity index (χ0) is 11.8. The van der Waals surface area contributed by atoms with Crippen LogP contribution in [0.15, 0.2) is 24.3 Å². The molecule has 1 radical (unpaired) electrons. The lowest BCUT2D eigenvalue weighted by atomic mass is 10.1. The van der Waals surface area contributed by atoms with E-state index >= 15 is 0 Å². The first kappa shape index (κ1) is 13.3. The standard InChI is InChI=1S/C11H16FO3Si/c1-13-16(14-2)15-8-4-6-10-5-3-7-11(12)9-10/h3,5,7,9H,4,6,8H2,1-2H3. The summed E-state index contributed by atoms with van der Waals surface area (Å²) in [5.74, 6) is -0.197. The van der Waals surface area contributed by atoms with E-state index in [1.54, 1.807) is 26.4 Å². The van der Waals surface area contributed by atoms with Crippen LogP contribution < -0.4 is 0 Å². The Morgan fingerprint density at radius 1 is 1.25 bits per heavy atom. The third-order valence-corrected chi connectivity index (χ3v) is 3.16. The molecule has 89 valence electrons. The van der Waals surface area contributed by atoms with Gasteiger partial charge in [0, 0.05) is 20.8 Å². The minimum atomic E-state index is -1.56. The van der Waals surface area contributed by atoms with Crippen LogP contribution in [0.25, 0.3) is 0 Å². The van der Waals surface area contributed by atoms with Crippen LogP contribution in [0.2, 0.25) is 0 Å². The lowest BCUT2D eigenvalue weighted by molar-refractivity contribution is 0.134. The highest BCUT2D eigenvalue weighted by molar-refractivity contribution is 6.36. The highest BCUT2D eigenvalue weighted by atomic mass is 28.3. The lowest BCUT2D eigenvalue weighted by Crippen LogP contribution is -2.24. The Kier molecular flexibility index (Phi) is 6.25. The van der Waals surface area contributed by atoms with E-state index in [4.69, 9.17) is 13.3 Å². The number of rotatable bonds is 7.